The molecule has 0 spiro atoms. The Kier molecular flexibility index (Phi) is 5.44. The Morgan fingerprint density at radius 1 is 1.45 bits per heavy atom. The zero-order chi connectivity index (χ0) is 15.2. The molecule has 0 aliphatic carbocycles. The quantitative estimate of drug-likeness (QED) is 0.793. The molecule has 0 saturated heterocycles. The van der Waals surface area contributed by atoms with Gasteiger partial charge in [0.05, 0.1) is 0 Å². The van der Waals surface area contributed by atoms with Gasteiger partial charge in [-0.1, -0.05) is 13.8 Å². The standard InChI is InChI=1S/C14H20N4O2/c1-10-8-11(9-15)18-13(17-10)16-7-6-14(2,3)5-4-12(19)20/h8H,4-7H2,1-3H3,(H,19,20)(H,16,17,18). The maximum atomic E-state index is 10.6. The molecule has 0 aliphatic rings. The Labute approximate surface area is 118 Å². The van der Waals surface area contributed by atoms with Crippen LogP contribution in [0.1, 0.15) is 44.5 Å². The van der Waals surface area contributed by atoms with Crippen LogP contribution in [0.3, 0.4) is 0 Å². The van der Waals surface area contributed by atoms with Gasteiger partial charge in [-0.15, -0.1) is 0 Å². The SMILES string of the molecule is Cc1cc(C#N)nc(NCCC(C)(C)CCC(=O)O)n1. The first-order valence-corrected chi connectivity index (χ1v) is 6.54. The molecule has 0 bridgehead atoms. The number of carboxylic acids is 1. The van der Waals surface area contributed by atoms with Crippen LogP contribution in [0.25, 0.3) is 0 Å². The lowest BCUT2D eigenvalue weighted by atomic mass is 9.84. The third-order valence-electron chi connectivity index (χ3n) is 3.07. The molecule has 0 unspecified atom stereocenters. The van der Waals surface area contributed by atoms with Gasteiger partial charge in [0.25, 0.3) is 0 Å². The van der Waals surface area contributed by atoms with E-state index in [1.54, 1.807) is 6.07 Å². The summed E-state index contributed by atoms with van der Waals surface area (Å²) in [6.45, 7) is 6.52. The number of nitrogens with one attached hydrogen (secondary N) is 1. The second-order valence-corrected chi connectivity index (χ2v) is 5.56. The van der Waals surface area contributed by atoms with Crippen molar-refractivity contribution in [1.29, 1.82) is 5.26 Å². The lowest BCUT2D eigenvalue weighted by Gasteiger charge is -2.23. The van der Waals surface area contributed by atoms with Crippen molar-refractivity contribution in [2.45, 2.75) is 40.0 Å². The topological polar surface area (TPSA) is 98.9 Å². The highest BCUT2D eigenvalue weighted by Crippen LogP contribution is 2.26. The van der Waals surface area contributed by atoms with Crippen LogP contribution in [0.4, 0.5) is 5.95 Å². The minimum atomic E-state index is -0.772. The number of carbonyl (C=O) groups is 1. The molecule has 20 heavy (non-hydrogen) atoms. The number of rotatable bonds is 7. The monoisotopic (exact) mass is 276 g/mol. The first-order chi connectivity index (χ1) is 9.32. The minimum Gasteiger partial charge on any atom is -0.481 e. The Morgan fingerprint density at radius 3 is 2.75 bits per heavy atom. The molecule has 108 valence electrons. The second kappa shape index (κ2) is 6.85. The zero-order valence-corrected chi connectivity index (χ0v) is 12.1. The van der Waals surface area contributed by atoms with E-state index in [0.29, 0.717) is 24.6 Å². The summed E-state index contributed by atoms with van der Waals surface area (Å²) in [6, 6.07) is 3.62. The number of nitriles is 1. The van der Waals surface area contributed by atoms with Gasteiger partial charge in [-0.3, -0.25) is 4.79 Å². The largest absolute Gasteiger partial charge is 0.481 e. The van der Waals surface area contributed by atoms with E-state index in [4.69, 9.17) is 10.4 Å². The first kappa shape index (κ1) is 15.9. The predicted molar refractivity (Wildman–Crippen MR) is 75.2 cm³/mol. The average Bonchev–Trinajstić information content (AvgIpc) is 2.35. The number of hydrogen-bond acceptors (Lipinski definition) is 5. The van der Waals surface area contributed by atoms with E-state index in [2.05, 4.69) is 15.3 Å². The van der Waals surface area contributed by atoms with Gasteiger partial charge in [0.15, 0.2) is 0 Å². The lowest BCUT2D eigenvalue weighted by Crippen LogP contribution is -2.19. The molecule has 0 aliphatic heterocycles. The number of aliphatic carboxylic acids is 1. The normalized spacial score (nSPS) is 10.9. The highest BCUT2D eigenvalue weighted by Gasteiger charge is 2.18. The van der Waals surface area contributed by atoms with Crippen molar-refractivity contribution in [2.24, 2.45) is 5.41 Å². The van der Waals surface area contributed by atoms with Gasteiger partial charge in [-0.2, -0.15) is 5.26 Å². The Hall–Kier alpha value is -2.16. The zero-order valence-electron chi connectivity index (χ0n) is 12.1. The molecule has 1 aromatic rings. The molecule has 0 aromatic carbocycles. The summed E-state index contributed by atoms with van der Waals surface area (Å²) < 4.78 is 0. The number of aryl methyl sites for hydroxylation is 1. The molecular formula is C14H20N4O2. The fourth-order valence-corrected chi connectivity index (χ4v) is 1.79. The molecule has 0 atom stereocenters. The summed E-state index contributed by atoms with van der Waals surface area (Å²) >= 11 is 0. The van der Waals surface area contributed by atoms with Crippen molar-refractivity contribution >= 4 is 11.9 Å². The van der Waals surface area contributed by atoms with Gasteiger partial charge < -0.3 is 10.4 Å². The summed E-state index contributed by atoms with van der Waals surface area (Å²) in [4.78, 5) is 18.9. The van der Waals surface area contributed by atoms with E-state index in [0.717, 1.165) is 12.1 Å². The van der Waals surface area contributed by atoms with E-state index in [1.807, 2.05) is 26.8 Å². The van der Waals surface area contributed by atoms with Crippen LogP contribution in [-0.4, -0.2) is 27.6 Å². The maximum Gasteiger partial charge on any atom is 0.303 e. The van der Waals surface area contributed by atoms with Crippen LogP contribution in [0.15, 0.2) is 6.07 Å². The van der Waals surface area contributed by atoms with E-state index < -0.39 is 5.97 Å². The molecule has 0 radical (unpaired) electrons. The smallest absolute Gasteiger partial charge is 0.303 e. The van der Waals surface area contributed by atoms with Gasteiger partial charge >= 0.3 is 5.97 Å². The summed E-state index contributed by atoms with van der Waals surface area (Å²) in [5.41, 5.74) is 1.02. The van der Waals surface area contributed by atoms with Crippen molar-refractivity contribution in [3.8, 4) is 6.07 Å². The van der Waals surface area contributed by atoms with Crippen LogP contribution in [0, 0.1) is 23.7 Å². The molecule has 2 N–H and O–H groups in total. The Balaban J connectivity index is 2.50. The van der Waals surface area contributed by atoms with Crippen molar-refractivity contribution in [3.63, 3.8) is 0 Å². The molecule has 6 heteroatoms. The van der Waals surface area contributed by atoms with Crippen LogP contribution in [0.2, 0.25) is 0 Å². The van der Waals surface area contributed by atoms with Crippen LogP contribution in [-0.2, 0) is 4.79 Å². The predicted octanol–water partition coefficient (Wildman–Crippen LogP) is 2.35. The molecule has 0 fully saturated rings. The molecule has 0 saturated carbocycles. The van der Waals surface area contributed by atoms with Crippen molar-refractivity contribution in [2.75, 3.05) is 11.9 Å². The highest BCUT2D eigenvalue weighted by molar-refractivity contribution is 5.66. The van der Waals surface area contributed by atoms with Crippen molar-refractivity contribution < 1.29 is 9.90 Å². The van der Waals surface area contributed by atoms with E-state index in [1.165, 1.54) is 0 Å². The van der Waals surface area contributed by atoms with Gasteiger partial charge in [0.1, 0.15) is 11.8 Å². The molecular weight excluding hydrogens is 256 g/mol. The van der Waals surface area contributed by atoms with E-state index >= 15 is 0 Å². The summed E-state index contributed by atoms with van der Waals surface area (Å²) in [6.07, 6.45) is 1.61. The lowest BCUT2D eigenvalue weighted by molar-refractivity contribution is -0.137. The van der Waals surface area contributed by atoms with Crippen molar-refractivity contribution in [3.05, 3.63) is 17.5 Å². The second-order valence-electron chi connectivity index (χ2n) is 5.56. The molecule has 1 heterocycles. The Morgan fingerprint density at radius 2 is 2.15 bits per heavy atom. The Bertz CT molecular complexity index is 520. The molecule has 6 nitrogen and oxygen atoms in total. The molecule has 0 amide bonds. The number of anilines is 1. The highest BCUT2D eigenvalue weighted by atomic mass is 16.4. The van der Waals surface area contributed by atoms with Gasteiger partial charge in [-0.05, 0) is 31.2 Å². The van der Waals surface area contributed by atoms with Crippen LogP contribution in [0.5, 0.6) is 0 Å². The maximum absolute atomic E-state index is 10.6. The third-order valence-corrected chi connectivity index (χ3v) is 3.07. The fourth-order valence-electron chi connectivity index (χ4n) is 1.79. The average molecular weight is 276 g/mol. The van der Waals surface area contributed by atoms with Gasteiger partial charge in [-0.25, -0.2) is 9.97 Å². The van der Waals surface area contributed by atoms with Gasteiger partial charge in [0, 0.05) is 18.7 Å². The van der Waals surface area contributed by atoms with Crippen LogP contribution >= 0.6 is 0 Å². The minimum absolute atomic E-state index is 0.0622. The van der Waals surface area contributed by atoms with E-state index in [-0.39, 0.29) is 11.8 Å². The van der Waals surface area contributed by atoms with Gasteiger partial charge in [0.2, 0.25) is 5.95 Å². The third kappa shape index (κ3) is 5.65. The van der Waals surface area contributed by atoms with E-state index in [9.17, 15) is 4.79 Å². The number of nitrogens with zero attached hydrogens (tertiary/aromatic N) is 3. The number of aromatic nitrogens is 2. The summed E-state index contributed by atoms with van der Waals surface area (Å²) in [7, 11) is 0. The molecule has 1 rings (SSSR count). The summed E-state index contributed by atoms with van der Waals surface area (Å²) in [5, 5.41) is 20.6. The summed E-state index contributed by atoms with van der Waals surface area (Å²) in [5.74, 6) is -0.331. The fraction of sp³-hybridized carbons (Fsp3) is 0.571. The number of hydrogen-bond donors (Lipinski definition) is 2. The molecule has 1 aromatic heterocycles. The number of carboxylic acid groups (broad SMARTS) is 1. The van der Waals surface area contributed by atoms with Crippen LogP contribution < -0.4 is 5.32 Å². The first-order valence-electron chi connectivity index (χ1n) is 6.54. The van der Waals surface area contributed by atoms with Crippen molar-refractivity contribution in [1.82, 2.24) is 9.97 Å².